The van der Waals surface area contributed by atoms with Crippen LogP contribution in [0.5, 0.6) is 0 Å². The molecule has 2 unspecified atom stereocenters. The largest absolute Gasteiger partial charge is 0.271 e. The molecular formula is C16H23FN4. The van der Waals surface area contributed by atoms with Crippen molar-refractivity contribution in [2.75, 3.05) is 0 Å². The van der Waals surface area contributed by atoms with Crippen LogP contribution in [0.4, 0.5) is 4.39 Å². The molecule has 0 radical (unpaired) electrons. The molecule has 1 aromatic carbocycles. The molecule has 0 amide bonds. The lowest BCUT2D eigenvalue weighted by Crippen LogP contribution is -2.30. The average molecular weight is 290 g/mol. The van der Waals surface area contributed by atoms with Gasteiger partial charge in [0, 0.05) is 18.7 Å². The van der Waals surface area contributed by atoms with Crippen molar-refractivity contribution in [3.63, 3.8) is 0 Å². The summed E-state index contributed by atoms with van der Waals surface area (Å²) in [6, 6.07) is 6.98. The molecule has 2 rings (SSSR count). The molecule has 21 heavy (non-hydrogen) atoms. The first-order valence-corrected chi connectivity index (χ1v) is 7.31. The maximum atomic E-state index is 13.5. The van der Waals surface area contributed by atoms with E-state index in [-0.39, 0.29) is 11.9 Å². The van der Waals surface area contributed by atoms with Crippen LogP contribution in [0.2, 0.25) is 0 Å². The Morgan fingerprint density at radius 1 is 1.38 bits per heavy atom. The van der Waals surface area contributed by atoms with E-state index in [0.717, 1.165) is 23.2 Å². The van der Waals surface area contributed by atoms with Crippen molar-refractivity contribution < 1.29 is 4.39 Å². The van der Waals surface area contributed by atoms with Crippen molar-refractivity contribution in [1.29, 1.82) is 0 Å². The minimum absolute atomic E-state index is 0.152. The summed E-state index contributed by atoms with van der Waals surface area (Å²) in [6.07, 6.45) is 3.64. The van der Waals surface area contributed by atoms with E-state index >= 15 is 0 Å². The molecule has 0 fully saturated rings. The molecule has 0 aliphatic carbocycles. The number of halogens is 1. The number of nitrogens with two attached hydrogens (primary N) is 1. The molecular weight excluding hydrogens is 267 g/mol. The molecule has 0 spiro atoms. The molecule has 114 valence electrons. The van der Waals surface area contributed by atoms with Gasteiger partial charge >= 0.3 is 0 Å². The SMILES string of the molecule is CCC(C)n1ccc(CC(NN)c2cc(F)ccc2C)n1. The molecule has 0 saturated carbocycles. The van der Waals surface area contributed by atoms with Crippen LogP contribution < -0.4 is 11.3 Å². The van der Waals surface area contributed by atoms with Crippen LogP contribution in [-0.2, 0) is 6.42 Å². The number of benzene rings is 1. The zero-order valence-corrected chi connectivity index (χ0v) is 12.8. The maximum absolute atomic E-state index is 13.5. The van der Waals surface area contributed by atoms with Crippen LogP contribution in [0.15, 0.2) is 30.5 Å². The minimum Gasteiger partial charge on any atom is -0.271 e. The highest BCUT2D eigenvalue weighted by atomic mass is 19.1. The average Bonchev–Trinajstić information content (AvgIpc) is 2.95. The number of hydrogen-bond acceptors (Lipinski definition) is 3. The summed E-state index contributed by atoms with van der Waals surface area (Å²) >= 11 is 0. The van der Waals surface area contributed by atoms with Gasteiger partial charge in [-0.3, -0.25) is 16.0 Å². The molecule has 4 nitrogen and oxygen atoms in total. The normalized spacial score (nSPS) is 14.1. The Labute approximate surface area is 125 Å². The zero-order chi connectivity index (χ0) is 15.4. The molecule has 0 aliphatic heterocycles. The highest BCUT2D eigenvalue weighted by Crippen LogP contribution is 2.22. The van der Waals surface area contributed by atoms with Crippen molar-refractivity contribution in [1.82, 2.24) is 15.2 Å². The van der Waals surface area contributed by atoms with Crippen LogP contribution in [0.3, 0.4) is 0 Å². The van der Waals surface area contributed by atoms with Crippen LogP contribution in [0.1, 0.15) is 49.2 Å². The van der Waals surface area contributed by atoms with Gasteiger partial charge in [0.2, 0.25) is 0 Å². The predicted octanol–water partition coefficient (Wildman–Crippen LogP) is 3.05. The Hall–Kier alpha value is -1.72. The topological polar surface area (TPSA) is 55.9 Å². The second-order valence-corrected chi connectivity index (χ2v) is 5.47. The predicted molar refractivity (Wildman–Crippen MR) is 82.1 cm³/mol. The lowest BCUT2D eigenvalue weighted by Gasteiger charge is -2.18. The van der Waals surface area contributed by atoms with Gasteiger partial charge in [-0.25, -0.2) is 4.39 Å². The molecule has 0 bridgehead atoms. The lowest BCUT2D eigenvalue weighted by molar-refractivity contribution is 0.466. The highest BCUT2D eigenvalue weighted by Gasteiger charge is 2.16. The molecule has 1 heterocycles. The first kappa shape index (κ1) is 15.7. The summed E-state index contributed by atoms with van der Waals surface area (Å²) in [6.45, 7) is 6.22. The Balaban J connectivity index is 2.19. The van der Waals surface area contributed by atoms with Gasteiger partial charge in [-0.15, -0.1) is 0 Å². The van der Waals surface area contributed by atoms with E-state index in [1.54, 1.807) is 6.07 Å². The first-order valence-electron chi connectivity index (χ1n) is 7.31. The minimum atomic E-state index is -0.249. The number of hydrazine groups is 1. The Morgan fingerprint density at radius 2 is 2.14 bits per heavy atom. The molecule has 2 aromatic rings. The van der Waals surface area contributed by atoms with Crippen molar-refractivity contribution in [3.05, 3.63) is 53.1 Å². The number of aromatic nitrogens is 2. The number of nitrogens with zero attached hydrogens (tertiary/aromatic N) is 2. The quantitative estimate of drug-likeness (QED) is 0.635. The van der Waals surface area contributed by atoms with E-state index in [2.05, 4.69) is 24.4 Å². The summed E-state index contributed by atoms with van der Waals surface area (Å²) in [5, 5.41) is 4.57. The fraction of sp³-hybridized carbons (Fsp3) is 0.438. The number of hydrogen-bond donors (Lipinski definition) is 2. The van der Waals surface area contributed by atoms with E-state index in [9.17, 15) is 4.39 Å². The monoisotopic (exact) mass is 290 g/mol. The highest BCUT2D eigenvalue weighted by molar-refractivity contribution is 5.30. The van der Waals surface area contributed by atoms with E-state index in [1.807, 2.05) is 23.9 Å². The number of nitrogens with one attached hydrogen (secondary N) is 1. The standard InChI is InChI=1S/C16H23FN4/c1-4-12(3)21-8-7-14(20-21)10-16(19-18)15-9-13(17)6-5-11(15)2/h5-9,12,16,19H,4,10,18H2,1-3H3. The molecule has 5 heteroatoms. The Kier molecular flexibility index (Phi) is 5.09. The fourth-order valence-electron chi connectivity index (χ4n) is 2.37. The van der Waals surface area contributed by atoms with Gasteiger partial charge in [0.15, 0.2) is 0 Å². The van der Waals surface area contributed by atoms with Crippen LogP contribution >= 0.6 is 0 Å². The summed E-state index contributed by atoms with van der Waals surface area (Å²) in [5.74, 6) is 5.41. The van der Waals surface area contributed by atoms with E-state index < -0.39 is 0 Å². The van der Waals surface area contributed by atoms with Crippen molar-refractivity contribution in [2.45, 2.75) is 45.7 Å². The molecule has 2 atom stereocenters. The van der Waals surface area contributed by atoms with Crippen molar-refractivity contribution >= 4 is 0 Å². The second-order valence-electron chi connectivity index (χ2n) is 5.47. The van der Waals surface area contributed by atoms with Gasteiger partial charge in [0.05, 0.1) is 11.7 Å². The van der Waals surface area contributed by atoms with E-state index in [0.29, 0.717) is 12.5 Å². The lowest BCUT2D eigenvalue weighted by atomic mass is 9.98. The summed E-state index contributed by atoms with van der Waals surface area (Å²) < 4.78 is 15.4. The third-order valence-electron chi connectivity index (χ3n) is 3.94. The molecule has 3 N–H and O–H groups in total. The van der Waals surface area contributed by atoms with Gasteiger partial charge in [-0.1, -0.05) is 13.0 Å². The van der Waals surface area contributed by atoms with Crippen molar-refractivity contribution in [2.24, 2.45) is 5.84 Å². The summed E-state index contributed by atoms with van der Waals surface area (Å²) in [4.78, 5) is 0. The number of aryl methyl sites for hydroxylation is 1. The molecule has 1 aromatic heterocycles. The third-order valence-corrected chi connectivity index (χ3v) is 3.94. The van der Waals surface area contributed by atoms with Gasteiger partial charge in [-0.05, 0) is 49.6 Å². The van der Waals surface area contributed by atoms with Gasteiger partial charge < -0.3 is 0 Å². The number of rotatable bonds is 6. The Morgan fingerprint density at radius 3 is 2.81 bits per heavy atom. The Bertz CT molecular complexity index is 594. The summed E-state index contributed by atoms with van der Waals surface area (Å²) in [7, 11) is 0. The molecule has 0 aliphatic rings. The van der Waals surface area contributed by atoms with Crippen LogP contribution in [-0.4, -0.2) is 9.78 Å². The first-order chi connectivity index (χ1) is 10.0. The van der Waals surface area contributed by atoms with Crippen LogP contribution in [0, 0.1) is 12.7 Å². The summed E-state index contributed by atoms with van der Waals surface area (Å²) in [5.41, 5.74) is 5.60. The van der Waals surface area contributed by atoms with E-state index in [1.165, 1.54) is 12.1 Å². The van der Waals surface area contributed by atoms with E-state index in [4.69, 9.17) is 5.84 Å². The second kappa shape index (κ2) is 6.83. The third kappa shape index (κ3) is 3.68. The van der Waals surface area contributed by atoms with Gasteiger partial charge in [0.25, 0.3) is 0 Å². The van der Waals surface area contributed by atoms with Crippen molar-refractivity contribution in [3.8, 4) is 0 Å². The van der Waals surface area contributed by atoms with Crippen LogP contribution in [0.25, 0.3) is 0 Å². The maximum Gasteiger partial charge on any atom is 0.123 e. The fourth-order valence-corrected chi connectivity index (χ4v) is 2.37. The smallest absolute Gasteiger partial charge is 0.123 e. The van der Waals surface area contributed by atoms with Gasteiger partial charge in [-0.2, -0.15) is 5.10 Å². The van der Waals surface area contributed by atoms with Gasteiger partial charge in [0.1, 0.15) is 5.82 Å². The zero-order valence-electron chi connectivity index (χ0n) is 12.8. The molecule has 0 saturated heterocycles.